The van der Waals surface area contributed by atoms with Gasteiger partial charge in [-0.3, -0.25) is 34.1 Å². The zero-order valence-electron chi connectivity index (χ0n) is 39.4. The van der Waals surface area contributed by atoms with E-state index in [-0.39, 0.29) is 73.4 Å². The number of unbranched alkanes of at least 4 members (excludes halogenated alkanes) is 1. The predicted octanol–water partition coefficient (Wildman–Crippen LogP) is 2.25. The van der Waals surface area contributed by atoms with Gasteiger partial charge in [0.15, 0.2) is 21.8 Å². The Morgan fingerprint density at radius 1 is 0.926 bits per heavy atom. The van der Waals surface area contributed by atoms with Crippen LogP contribution >= 0.6 is 23.5 Å². The summed E-state index contributed by atoms with van der Waals surface area (Å²) in [7, 11) is 0. The summed E-state index contributed by atoms with van der Waals surface area (Å²) >= 11 is 3.24. The Morgan fingerprint density at radius 3 is 2.31 bits per heavy atom. The summed E-state index contributed by atoms with van der Waals surface area (Å²) in [4.78, 5) is 64.6. The summed E-state index contributed by atoms with van der Waals surface area (Å²) < 4.78 is 17.3. The van der Waals surface area contributed by atoms with Crippen molar-refractivity contribution in [2.24, 2.45) is 27.6 Å². The first-order chi connectivity index (χ1) is 32.7. The van der Waals surface area contributed by atoms with Gasteiger partial charge in [-0.25, -0.2) is 0 Å². The molecule has 1 saturated heterocycles. The van der Waals surface area contributed by atoms with Crippen molar-refractivity contribution in [3.8, 4) is 11.5 Å². The maximum Gasteiger partial charge on any atom is 0.246 e. The second kappa shape index (κ2) is 20.7. The Bertz CT molecular complexity index is 2180. The molecule has 4 fully saturated rings. The van der Waals surface area contributed by atoms with E-state index >= 15 is 0 Å². The molecule has 8 aliphatic rings. The number of hydrogen-bond acceptors (Lipinski definition) is 15. The lowest BCUT2D eigenvalue weighted by molar-refractivity contribution is -0.192. The molecule has 1 spiro atoms. The van der Waals surface area contributed by atoms with Crippen LogP contribution in [-0.4, -0.2) is 161 Å². The molecule has 68 heavy (non-hydrogen) atoms. The van der Waals surface area contributed by atoms with E-state index in [1.807, 2.05) is 6.07 Å². The monoisotopic (exact) mass is 979 g/mol. The van der Waals surface area contributed by atoms with Gasteiger partial charge < -0.3 is 56.3 Å². The highest BCUT2D eigenvalue weighted by Gasteiger charge is 2.73. The van der Waals surface area contributed by atoms with Crippen LogP contribution in [0.1, 0.15) is 95.6 Å². The number of phenols is 1. The van der Waals surface area contributed by atoms with Gasteiger partial charge in [0.25, 0.3) is 0 Å². The van der Waals surface area contributed by atoms with E-state index in [1.54, 1.807) is 29.6 Å². The number of nitrogens with one attached hydrogen (secondary N) is 4. The number of rotatable bonds is 21. The Morgan fingerprint density at radius 2 is 1.60 bits per heavy atom. The van der Waals surface area contributed by atoms with Crippen molar-refractivity contribution in [1.82, 2.24) is 31.1 Å². The van der Waals surface area contributed by atoms with Gasteiger partial charge in [0.1, 0.15) is 32.5 Å². The normalized spacial score (nSPS) is 29.8. The summed E-state index contributed by atoms with van der Waals surface area (Å²) in [6.07, 6.45) is 9.31. The summed E-state index contributed by atoms with van der Waals surface area (Å²) in [5.41, 5.74) is 7.70. The van der Waals surface area contributed by atoms with Crippen molar-refractivity contribution in [1.29, 1.82) is 0 Å². The minimum atomic E-state index is -1.04. The van der Waals surface area contributed by atoms with Crippen LogP contribution < -0.4 is 31.7 Å². The molecule has 372 valence electrons. The number of carbonyl (C=O) groups is 4. The standard InChI is InChI=1S/C48H69N9O9S2/c1-46(2)28-57-33(27-68-45(57)55-46)26-67-44(49)53-32-10-7-29(8-11-32)20-52-39(61)24-64-22-37(59)50-16-3-4-17-51-38(60)23-65-25-40(62)54-34-13-14-48(63)36-19-31-9-12-35(58)42-41(31)47(48,43(34)66-42)15-18-56(36)21-30-5-6-30/h9,12,27,29-30,32,34,36,43,58,63H,3-8,10-11,13-26,28H2,1-2H3,(H2,49,53)(H,50,59)(H,51,60)(H,52,61)(H,54,62)/t29?,32?,34-,36-,43+,47+,48-/m1/s1. The van der Waals surface area contributed by atoms with Crippen LogP contribution in [0.25, 0.3) is 0 Å². The average Bonchev–Trinajstić information content (AvgIpc) is 3.83. The van der Waals surface area contributed by atoms with E-state index < -0.39 is 23.2 Å². The third-order valence-corrected chi connectivity index (χ3v) is 16.9. The lowest BCUT2D eigenvalue weighted by atomic mass is 9.48. The maximum absolute atomic E-state index is 13.2. The molecule has 4 aliphatic heterocycles. The number of thioether (sulfide) groups is 2. The van der Waals surface area contributed by atoms with E-state index in [9.17, 15) is 29.4 Å². The van der Waals surface area contributed by atoms with Crippen LogP contribution in [0.4, 0.5) is 0 Å². The smallest absolute Gasteiger partial charge is 0.246 e. The molecule has 0 radical (unpaired) electrons. The molecule has 5 atom stereocenters. The Labute approximate surface area is 407 Å². The molecule has 0 aromatic heterocycles. The lowest BCUT2D eigenvalue weighted by Gasteiger charge is -2.64. The SMILES string of the molecule is CC1(C)CN2C(CSC(N)=NC3CCC(CNC(=O)COCC(=O)NCCCCNC(=O)COCC(=O)N[C@@H]4CC[C@@]5(O)[C@H]6Cc7ccc(O)c8c7[C@@]5(CCN6CC5CC5)[C@H]4O8)CC3)=CSC2=N1. The number of nitrogens with two attached hydrogens (primary N) is 1. The van der Waals surface area contributed by atoms with Gasteiger partial charge in [-0.05, 0) is 126 Å². The summed E-state index contributed by atoms with van der Waals surface area (Å²) in [6.45, 7) is 7.29. The average molecular weight is 980 g/mol. The number of aliphatic imine (C=N–C) groups is 2. The molecule has 1 aromatic carbocycles. The number of ether oxygens (including phenoxy) is 3. The van der Waals surface area contributed by atoms with Crippen LogP contribution in [0.3, 0.4) is 0 Å². The molecular formula is C48H69N9O9S2. The molecule has 4 amide bonds. The molecule has 3 saturated carbocycles. The van der Waals surface area contributed by atoms with Crippen LogP contribution in [0.2, 0.25) is 0 Å². The summed E-state index contributed by atoms with van der Waals surface area (Å²) in [5.74, 6) is 0.992. The first kappa shape index (κ1) is 48.9. The van der Waals surface area contributed by atoms with Crippen molar-refractivity contribution in [2.75, 3.05) is 71.4 Å². The van der Waals surface area contributed by atoms with Gasteiger partial charge >= 0.3 is 0 Å². The minimum Gasteiger partial charge on any atom is -0.504 e. The largest absolute Gasteiger partial charge is 0.504 e. The number of nitrogens with zero attached hydrogens (tertiary/aromatic N) is 4. The predicted molar refractivity (Wildman–Crippen MR) is 260 cm³/mol. The van der Waals surface area contributed by atoms with E-state index in [4.69, 9.17) is 29.9 Å². The number of piperidine rings is 1. The van der Waals surface area contributed by atoms with Crippen LogP contribution in [0.15, 0.2) is 33.2 Å². The molecule has 4 heterocycles. The summed E-state index contributed by atoms with van der Waals surface area (Å²) in [6, 6.07) is 3.38. The van der Waals surface area contributed by atoms with Crippen LogP contribution in [-0.2, 0) is 40.5 Å². The molecule has 1 aromatic rings. The van der Waals surface area contributed by atoms with E-state index in [2.05, 4.69) is 50.3 Å². The fourth-order valence-corrected chi connectivity index (χ4v) is 13.7. The maximum atomic E-state index is 13.2. The van der Waals surface area contributed by atoms with E-state index in [0.29, 0.717) is 80.9 Å². The lowest BCUT2D eigenvalue weighted by Crippen LogP contribution is -2.78. The topological polar surface area (TPSA) is 242 Å². The van der Waals surface area contributed by atoms with Crippen molar-refractivity contribution in [2.45, 2.75) is 132 Å². The quantitative estimate of drug-likeness (QED) is 0.0532. The van der Waals surface area contributed by atoms with Crippen molar-refractivity contribution in [3.05, 3.63) is 34.4 Å². The van der Waals surface area contributed by atoms with Crippen LogP contribution in [0.5, 0.6) is 11.5 Å². The Balaban J connectivity index is 0.588. The number of hydrogen-bond donors (Lipinski definition) is 7. The zero-order valence-corrected chi connectivity index (χ0v) is 41.0. The first-order valence-electron chi connectivity index (χ1n) is 24.6. The highest BCUT2D eigenvalue weighted by molar-refractivity contribution is 8.17. The van der Waals surface area contributed by atoms with Crippen molar-refractivity contribution in [3.63, 3.8) is 0 Å². The zero-order chi connectivity index (χ0) is 47.6. The molecule has 8 N–H and O–H groups in total. The van der Waals surface area contributed by atoms with Gasteiger partial charge in [-0.15, -0.1) is 0 Å². The number of aliphatic hydroxyl groups is 1. The third-order valence-electron chi connectivity index (χ3n) is 15.2. The van der Waals surface area contributed by atoms with Gasteiger partial charge in [-0.1, -0.05) is 29.6 Å². The number of likely N-dealkylation sites (tertiary alicyclic amines) is 1. The molecular weight excluding hydrogens is 911 g/mol. The first-order valence-corrected chi connectivity index (χ1v) is 26.5. The van der Waals surface area contributed by atoms with Crippen LogP contribution in [0, 0.1) is 11.8 Å². The van der Waals surface area contributed by atoms with E-state index in [1.165, 1.54) is 18.5 Å². The second-order valence-corrected chi connectivity index (χ2v) is 22.5. The highest BCUT2D eigenvalue weighted by atomic mass is 32.2. The summed E-state index contributed by atoms with van der Waals surface area (Å²) in [5, 5.41) is 38.9. The fourth-order valence-electron chi connectivity index (χ4n) is 11.7. The molecule has 9 rings (SSSR count). The molecule has 20 heteroatoms. The van der Waals surface area contributed by atoms with Gasteiger partial charge in [0, 0.05) is 55.8 Å². The van der Waals surface area contributed by atoms with Gasteiger partial charge in [-0.2, -0.15) is 0 Å². The van der Waals surface area contributed by atoms with Crippen molar-refractivity contribution < 1.29 is 43.6 Å². The van der Waals surface area contributed by atoms with Gasteiger partial charge in [0.2, 0.25) is 23.6 Å². The van der Waals surface area contributed by atoms with Gasteiger partial charge in [0.05, 0.1) is 28.6 Å². The fraction of sp³-hybridized carbons (Fsp3) is 0.708. The number of amidine groups is 2. The molecule has 4 aliphatic carbocycles. The van der Waals surface area contributed by atoms with E-state index in [0.717, 1.165) is 67.4 Å². The minimum absolute atomic E-state index is 0.0482. The number of benzene rings is 1. The molecule has 0 unspecified atom stereocenters. The number of fused-ring (bicyclic) bond motifs is 1. The molecule has 2 bridgehead atoms. The number of phenolic OH excluding ortho intramolecular Hbond substituents is 1. The second-order valence-electron chi connectivity index (χ2n) is 20.7. The number of amides is 4. The highest BCUT2D eigenvalue weighted by Crippen LogP contribution is 2.65. The Kier molecular flexibility index (Phi) is 14.9. The number of carbonyl (C=O) groups excluding carboxylic acids is 4. The molecule has 18 nitrogen and oxygen atoms in total. The number of aromatic hydroxyl groups is 1. The van der Waals surface area contributed by atoms with Crippen molar-refractivity contribution >= 4 is 57.5 Å². The Hall–Kier alpha value is -4.08. The third kappa shape index (κ3) is 10.6.